The van der Waals surface area contributed by atoms with Gasteiger partial charge in [-0.05, 0) is 20.3 Å². The monoisotopic (exact) mass is 371 g/mol. The molecule has 4 rings (SSSR count). The number of carbonyl (C=O) groups is 2. The predicted molar refractivity (Wildman–Crippen MR) is 98.6 cm³/mol. The minimum absolute atomic E-state index is 0.0436. The Morgan fingerprint density at radius 3 is 2.69 bits per heavy atom. The summed E-state index contributed by atoms with van der Waals surface area (Å²) in [6.07, 6.45) is 0.441. The van der Waals surface area contributed by atoms with E-state index in [0.717, 1.165) is 11.3 Å². The second kappa shape index (κ2) is 6.21. The van der Waals surface area contributed by atoms with E-state index in [1.54, 1.807) is 23.1 Å². The summed E-state index contributed by atoms with van der Waals surface area (Å²) in [6.45, 7) is 4.24. The Morgan fingerprint density at radius 2 is 2.04 bits per heavy atom. The third-order valence-electron chi connectivity index (χ3n) is 5.08. The van der Waals surface area contributed by atoms with Crippen LogP contribution in [0.3, 0.4) is 0 Å². The number of fused-ring (bicyclic) bond motifs is 1. The summed E-state index contributed by atoms with van der Waals surface area (Å²) >= 11 is 1.31. The van der Waals surface area contributed by atoms with Crippen LogP contribution in [-0.4, -0.2) is 39.9 Å². The Kier molecular flexibility index (Phi) is 4.12. The molecule has 2 aliphatic heterocycles. The molecule has 26 heavy (non-hydrogen) atoms. The number of benzene rings is 1. The number of rotatable bonds is 3. The number of carbonyl (C=O) groups excluding carboxylic acids is 2. The molecule has 2 atom stereocenters. The Bertz CT molecular complexity index is 858. The fourth-order valence-electron chi connectivity index (χ4n) is 3.66. The first-order valence-electron chi connectivity index (χ1n) is 8.78. The molecule has 0 spiro atoms. The van der Waals surface area contributed by atoms with Gasteiger partial charge in [0.2, 0.25) is 11.7 Å². The van der Waals surface area contributed by atoms with Crippen molar-refractivity contribution in [2.45, 2.75) is 44.4 Å². The van der Waals surface area contributed by atoms with Crippen molar-refractivity contribution in [3.63, 3.8) is 0 Å². The Morgan fingerprint density at radius 1 is 1.31 bits per heavy atom. The maximum Gasteiger partial charge on any atom is 0.223 e. The van der Waals surface area contributed by atoms with Crippen LogP contribution in [0.25, 0.3) is 0 Å². The third kappa shape index (κ3) is 2.73. The highest BCUT2D eigenvalue weighted by atomic mass is 32.1. The molecule has 3 heterocycles. The topological polar surface area (TPSA) is 66.8 Å². The fraction of sp³-hybridized carbons (Fsp3) is 0.400. The predicted octanol–water partition coefficient (Wildman–Crippen LogP) is 3.17. The van der Waals surface area contributed by atoms with Crippen LogP contribution in [0.4, 0.5) is 0 Å². The average Bonchev–Trinajstić information content (AvgIpc) is 3.22. The fourth-order valence-corrected chi connectivity index (χ4v) is 4.85. The summed E-state index contributed by atoms with van der Waals surface area (Å²) in [5.74, 6) is 0.559. The summed E-state index contributed by atoms with van der Waals surface area (Å²) in [4.78, 5) is 28.2. The van der Waals surface area contributed by atoms with E-state index in [4.69, 9.17) is 4.74 Å². The van der Waals surface area contributed by atoms with Crippen molar-refractivity contribution in [3.8, 4) is 5.75 Å². The van der Waals surface area contributed by atoms with Crippen molar-refractivity contribution in [1.29, 1.82) is 0 Å². The van der Waals surface area contributed by atoms with E-state index < -0.39 is 17.7 Å². The Hall–Kier alpha value is -2.18. The summed E-state index contributed by atoms with van der Waals surface area (Å²) < 4.78 is 5.99. The van der Waals surface area contributed by atoms with E-state index in [-0.39, 0.29) is 11.7 Å². The molecule has 1 aromatic carbocycles. The zero-order valence-electron chi connectivity index (χ0n) is 14.8. The molecule has 1 aromatic heterocycles. The molecule has 5 nitrogen and oxygen atoms in total. The minimum atomic E-state index is -0.852. The molecule has 0 unspecified atom stereocenters. The lowest BCUT2D eigenvalue weighted by Gasteiger charge is -2.43. The van der Waals surface area contributed by atoms with Gasteiger partial charge in [-0.15, -0.1) is 11.3 Å². The molecule has 1 saturated heterocycles. The molecule has 136 valence electrons. The molecule has 2 aromatic rings. The molecule has 6 heteroatoms. The number of aliphatic hydroxyl groups is 1. The van der Waals surface area contributed by atoms with E-state index in [0.29, 0.717) is 29.2 Å². The van der Waals surface area contributed by atoms with E-state index in [1.807, 2.05) is 32.0 Å². The second-order valence-electron chi connectivity index (χ2n) is 7.32. The lowest BCUT2D eigenvalue weighted by molar-refractivity contribution is -0.139. The van der Waals surface area contributed by atoms with Gasteiger partial charge in [-0.1, -0.05) is 30.3 Å². The van der Waals surface area contributed by atoms with Gasteiger partial charge < -0.3 is 14.7 Å². The highest BCUT2D eigenvalue weighted by molar-refractivity contribution is 7.14. The van der Waals surface area contributed by atoms with Crippen molar-refractivity contribution in [2.24, 2.45) is 0 Å². The number of likely N-dealkylation sites (tertiary alicyclic amines) is 1. The van der Waals surface area contributed by atoms with Crippen LogP contribution < -0.4 is 4.74 Å². The summed E-state index contributed by atoms with van der Waals surface area (Å²) in [7, 11) is 0. The molecule has 1 N–H and O–H groups in total. The van der Waals surface area contributed by atoms with Crippen LogP contribution in [0, 0.1) is 0 Å². The molecule has 0 bridgehead atoms. The SMILES string of the molecule is CC1(C)Oc2cc(C(=O)c3ccccc3)sc2[C@H](N2CCCC2=O)[C@H]1O. The van der Waals surface area contributed by atoms with Gasteiger partial charge in [0.25, 0.3) is 0 Å². The second-order valence-corrected chi connectivity index (χ2v) is 8.40. The van der Waals surface area contributed by atoms with Gasteiger partial charge in [0.05, 0.1) is 15.8 Å². The average molecular weight is 371 g/mol. The maximum atomic E-state index is 12.8. The van der Waals surface area contributed by atoms with Crippen molar-refractivity contribution in [3.05, 3.63) is 51.7 Å². The van der Waals surface area contributed by atoms with E-state index in [1.165, 1.54) is 11.3 Å². The highest BCUT2D eigenvalue weighted by Crippen LogP contribution is 2.48. The molecule has 2 aliphatic rings. The van der Waals surface area contributed by atoms with Gasteiger partial charge in [0, 0.05) is 24.6 Å². The van der Waals surface area contributed by atoms with Crippen molar-refractivity contribution < 1.29 is 19.4 Å². The van der Waals surface area contributed by atoms with Gasteiger partial charge in [-0.2, -0.15) is 0 Å². The number of hydrogen-bond donors (Lipinski definition) is 1. The van der Waals surface area contributed by atoms with Crippen LogP contribution in [-0.2, 0) is 4.79 Å². The smallest absolute Gasteiger partial charge is 0.223 e. The molecule has 0 aliphatic carbocycles. The van der Waals surface area contributed by atoms with Gasteiger partial charge >= 0.3 is 0 Å². The van der Waals surface area contributed by atoms with Crippen LogP contribution in [0.5, 0.6) is 5.75 Å². The first-order chi connectivity index (χ1) is 12.4. The number of amides is 1. The first kappa shape index (κ1) is 17.2. The molecule has 1 amide bonds. The Balaban J connectivity index is 1.76. The number of ether oxygens (including phenoxy) is 1. The number of thiophene rings is 1. The minimum Gasteiger partial charge on any atom is -0.484 e. The van der Waals surface area contributed by atoms with Crippen molar-refractivity contribution >= 4 is 23.0 Å². The lowest BCUT2D eigenvalue weighted by atomic mass is 9.89. The highest BCUT2D eigenvalue weighted by Gasteiger charge is 2.48. The summed E-state index contributed by atoms with van der Waals surface area (Å²) in [5, 5.41) is 10.9. The van der Waals surface area contributed by atoms with Crippen LogP contribution in [0.2, 0.25) is 0 Å². The van der Waals surface area contributed by atoms with Gasteiger partial charge in [0.15, 0.2) is 0 Å². The molecule has 1 fully saturated rings. The van der Waals surface area contributed by atoms with Crippen LogP contribution in [0.1, 0.15) is 52.8 Å². The van der Waals surface area contributed by atoms with E-state index in [2.05, 4.69) is 0 Å². The summed E-state index contributed by atoms with van der Waals surface area (Å²) in [6, 6.07) is 10.4. The number of aliphatic hydroxyl groups excluding tert-OH is 1. The lowest BCUT2D eigenvalue weighted by Crippen LogP contribution is -2.53. The Labute approximate surface area is 156 Å². The molecular weight excluding hydrogens is 350 g/mol. The van der Waals surface area contributed by atoms with Crippen molar-refractivity contribution in [1.82, 2.24) is 4.90 Å². The van der Waals surface area contributed by atoms with E-state index in [9.17, 15) is 14.7 Å². The van der Waals surface area contributed by atoms with Crippen LogP contribution in [0.15, 0.2) is 36.4 Å². The normalized spacial score (nSPS) is 24.3. The largest absolute Gasteiger partial charge is 0.484 e. The quantitative estimate of drug-likeness (QED) is 0.842. The number of ketones is 1. The summed E-state index contributed by atoms with van der Waals surface area (Å²) in [5.41, 5.74) is -0.228. The number of nitrogens with zero attached hydrogens (tertiary/aromatic N) is 1. The molecular formula is C20H21NO4S. The standard InChI is InChI=1S/C20H21NO4S/c1-20(2)19(24)16(21-10-6-9-15(21)22)18-13(25-20)11-14(26-18)17(23)12-7-4-3-5-8-12/h3-5,7-8,11,16,19,24H,6,9-10H2,1-2H3/t16-,19+/m0/s1. The van der Waals surface area contributed by atoms with Gasteiger partial charge in [-0.3, -0.25) is 9.59 Å². The van der Waals surface area contributed by atoms with Crippen molar-refractivity contribution in [2.75, 3.05) is 6.54 Å². The molecule has 0 saturated carbocycles. The van der Waals surface area contributed by atoms with Gasteiger partial charge in [-0.25, -0.2) is 0 Å². The van der Waals surface area contributed by atoms with Gasteiger partial charge in [0.1, 0.15) is 17.5 Å². The zero-order valence-corrected chi connectivity index (χ0v) is 15.6. The number of hydrogen-bond acceptors (Lipinski definition) is 5. The molecule has 0 radical (unpaired) electrons. The van der Waals surface area contributed by atoms with E-state index >= 15 is 0 Å². The third-order valence-corrected chi connectivity index (χ3v) is 6.27. The maximum absolute atomic E-state index is 12.8. The van der Waals surface area contributed by atoms with Crippen LogP contribution >= 0.6 is 11.3 Å². The zero-order chi connectivity index (χ0) is 18.5. The first-order valence-corrected chi connectivity index (χ1v) is 9.60.